The smallest absolute Gasteiger partial charge is 0.185 e. The van der Waals surface area contributed by atoms with Gasteiger partial charge in [-0.15, -0.1) is 11.8 Å². The first-order chi connectivity index (χ1) is 17.7. The summed E-state index contributed by atoms with van der Waals surface area (Å²) in [4.78, 5) is 13.8. The minimum absolute atomic E-state index is 0.0675. The highest BCUT2D eigenvalue weighted by atomic mass is 32.2. The number of hydrogen-bond acceptors (Lipinski definition) is 2. The third-order valence-electron chi connectivity index (χ3n) is 6.88. The highest BCUT2D eigenvalue weighted by Gasteiger charge is 2.02. The Balaban J connectivity index is 1.53. The molecule has 198 valence electrons. The first-order valence-corrected chi connectivity index (χ1v) is 15.8. The molecule has 0 heterocycles. The van der Waals surface area contributed by atoms with Crippen molar-refractivity contribution in [3.63, 3.8) is 0 Å². The molecule has 0 amide bonds. The SMILES string of the molecule is CCCCCCCCCCCCCCCSc1ccc(C=CC(=O)c2ccc(CCCC)cc2)cc1. The molecule has 0 spiro atoms. The largest absolute Gasteiger partial charge is 0.289 e. The van der Waals surface area contributed by atoms with Gasteiger partial charge in [-0.05, 0) is 54.4 Å². The maximum atomic E-state index is 12.5. The van der Waals surface area contributed by atoms with E-state index >= 15 is 0 Å². The molecule has 0 atom stereocenters. The van der Waals surface area contributed by atoms with E-state index in [1.54, 1.807) is 6.08 Å². The van der Waals surface area contributed by atoms with Crippen molar-refractivity contribution in [2.75, 3.05) is 5.75 Å². The zero-order valence-corrected chi connectivity index (χ0v) is 23.9. The lowest BCUT2D eigenvalue weighted by molar-refractivity contribution is 0.104. The summed E-state index contributed by atoms with van der Waals surface area (Å²) < 4.78 is 0. The van der Waals surface area contributed by atoms with Crippen LogP contribution >= 0.6 is 11.8 Å². The maximum Gasteiger partial charge on any atom is 0.185 e. The van der Waals surface area contributed by atoms with Gasteiger partial charge in [-0.2, -0.15) is 0 Å². The normalized spacial score (nSPS) is 11.4. The second-order valence-electron chi connectivity index (χ2n) is 10.2. The molecule has 0 saturated carbocycles. The Bertz CT molecular complexity index is 834. The summed E-state index contributed by atoms with van der Waals surface area (Å²) >= 11 is 1.95. The van der Waals surface area contributed by atoms with E-state index in [2.05, 4.69) is 50.2 Å². The average Bonchev–Trinajstić information content (AvgIpc) is 2.91. The van der Waals surface area contributed by atoms with Gasteiger partial charge in [0.15, 0.2) is 5.78 Å². The summed E-state index contributed by atoms with van der Waals surface area (Å²) in [6, 6.07) is 16.7. The molecular formula is C34H50OS. The van der Waals surface area contributed by atoms with Crippen LogP contribution in [0.25, 0.3) is 6.08 Å². The third-order valence-corrected chi connectivity index (χ3v) is 7.98. The van der Waals surface area contributed by atoms with Crippen LogP contribution < -0.4 is 0 Å². The lowest BCUT2D eigenvalue weighted by Gasteiger charge is -2.04. The van der Waals surface area contributed by atoms with E-state index in [9.17, 15) is 4.79 Å². The summed E-state index contributed by atoms with van der Waals surface area (Å²) in [6.45, 7) is 4.49. The van der Waals surface area contributed by atoms with E-state index in [-0.39, 0.29) is 5.78 Å². The molecule has 1 nitrogen and oxygen atoms in total. The number of unbranched alkanes of at least 4 members (excludes halogenated alkanes) is 13. The lowest BCUT2D eigenvalue weighted by atomic mass is 10.0. The molecule has 0 aromatic heterocycles. The predicted octanol–water partition coefficient (Wildman–Crippen LogP) is 11.1. The van der Waals surface area contributed by atoms with Crippen LogP contribution in [0.4, 0.5) is 0 Å². The van der Waals surface area contributed by atoms with E-state index in [4.69, 9.17) is 0 Å². The number of allylic oxidation sites excluding steroid dienone is 1. The molecule has 0 unspecified atom stereocenters. The Labute approximate surface area is 226 Å². The predicted molar refractivity (Wildman–Crippen MR) is 161 cm³/mol. The first kappa shape index (κ1) is 30.4. The molecule has 36 heavy (non-hydrogen) atoms. The van der Waals surface area contributed by atoms with Crippen LogP contribution in [-0.4, -0.2) is 11.5 Å². The fraction of sp³-hybridized carbons (Fsp3) is 0.559. The number of aryl methyl sites for hydroxylation is 1. The molecule has 2 aromatic rings. The number of thioether (sulfide) groups is 1. The van der Waals surface area contributed by atoms with Gasteiger partial charge in [0.2, 0.25) is 0 Å². The van der Waals surface area contributed by atoms with Crippen LogP contribution in [0.3, 0.4) is 0 Å². The van der Waals surface area contributed by atoms with E-state index in [0.717, 1.165) is 17.5 Å². The fourth-order valence-electron chi connectivity index (χ4n) is 4.47. The number of benzene rings is 2. The lowest BCUT2D eigenvalue weighted by Crippen LogP contribution is -1.95. The van der Waals surface area contributed by atoms with Crippen molar-refractivity contribution in [2.24, 2.45) is 0 Å². The van der Waals surface area contributed by atoms with Gasteiger partial charge in [-0.3, -0.25) is 4.79 Å². The zero-order chi connectivity index (χ0) is 25.7. The second kappa shape index (κ2) is 20.3. The van der Waals surface area contributed by atoms with Gasteiger partial charge in [0.25, 0.3) is 0 Å². The molecule has 2 heteroatoms. The number of ketones is 1. The van der Waals surface area contributed by atoms with Crippen LogP contribution in [0.15, 0.2) is 59.5 Å². The van der Waals surface area contributed by atoms with Gasteiger partial charge in [0, 0.05) is 10.5 Å². The molecule has 0 aliphatic heterocycles. The summed E-state index contributed by atoms with van der Waals surface area (Å²) in [6.07, 6.45) is 25.4. The second-order valence-corrected chi connectivity index (χ2v) is 11.3. The first-order valence-electron chi connectivity index (χ1n) is 14.8. The van der Waals surface area contributed by atoms with Crippen LogP contribution in [0.2, 0.25) is 0 Å². The highest BCUT2D eigenvalue weighted by Crippen LogP contribution is 2.21. The van der Waals surface area contributed by atoms with Crippen molar-refractivity contribution in [3.8, 4) is 0 Å². The fourth-order valence-corrected chi connectivity index (χ4v) is 5.38. The molecule has 0 saturated heterocycles. The molecule has 2 rings (SSSR count). The molecule has 0 aliphatic rings. The Morgan fingerprint density at radius 3 is 1.72 bits per heavy atom. The number of carbonyl (C=O) groups is 1. The van der Waals surface area contributed by atoms with Crippen LogP contribution in [0.1, 0.15) is 132 Å². The number of carbonyl (C=O) groups excluding carboxylic acids is 1. The Morgan fingerprint density at radius 2 is 1.17 bits per heavy atom. The molecule has 0 radical (unpaired) electrons. The van der Waals surface area contributed by atoms with Crippen molar-refractivity contribution < 1.29 is 4.79 Å². The molecule has 0 bridgehead atoms. The standard InChI is InChI=1S/C34H50OS/c1-3-5-7-8-9-10-11-12-13-14-15-16-17-29-36-33-26-21-31(22-27-33)23-28-34(35)32-24-19-30(20-25-32)18-6-4-2/h19-28H,3-18,29H2,1-2H3. The quantitative estimate of drug-likeness (QED) is 0.0724. The molecule has 0 fully saturated rings. The molecule has 0 N–H and O–H groups in total. The molecular weight excluding hydrogens is 456 g/mol. The summed E-state index contributed by atoms with van der Waals surface area (Å²) in [5.74, 6) is 1.26. The number of hydrogen-bond donors (Lipinski definition) is 0. The van der Waals surface area contributed by atoms with Crippen LogP contribution in [-0.2, 0) is 6.42 Å². The van der Waals surface area contributed by atoms with Gasteiger partial charge in [-0.1, -0.05) is 140 Å². The maximum absolute atomic E-state index is 12.5. The number of rotatable bonds is 21. The summed E-state index contributed by atoms with van der Waals surface area (Å²) in [7, 11) is 0. The summed E-state index contributed by atoms with van der Waals surface area (Å²) in [5.41, 5.74) is 3.15. The van der Waals surface area contributed by atoms with Crippen molar-refractivity contribution in [1.29, 1.82) is 0 Å². The highest BCUT2D eigenvalue weighted by molar-refractivity contribution is 7.99. The van der Waals surface area contributed by atoms with Crippen molar-refractivity contribution in [2.45, 2.75) is 121 Å². The van der Waals surface area contributed by atoms with Crippen LogP contribution in [0.5, 0.6) is 0 Å². The molecule has 2 aromatic carbocycles. The van der Waals surface area contributed by atoms with Crippen molar-refractivity contribution in [3.05, 3.63) is 71.3 Å². The summed E-state index contributed by atoms with van der Waals surface area (Å²) in [5, 5.41) is 0. The van der Waals surface area contributed by atoms with E-state index in [1.807, 2.05) is 30.0 Å². The van der Waals surface area contributed by atoms with Gasteiger partial charge in [-0.25, -0.2) is 0 Å². The Hall–Kier alpha value is -1.80. The van der Waals surface area contributed by atoms with E-state index in [0.29, 0.717) is 0 Å². The Kier molecular flexibility index (Phi) is 17.1. The minimum Gasteiger partial charge on any atom is -0.289 e. The van der Waals surface area contributed by atoms with Gasteiger partial charge in [0.05, 0.1) is 0 Å². The monoisotopic (exact) mass is 506 g/mol. The zero-order valence-electron chi connectivity index (χ0n) is 23.1. The van der Waals surface area contributed by atoms with Gasteiger partial charge >= 0.3 is 0 Å². The minimum atomic E-state index is 0.0675. The van der Waals surface area contributed by atoms with E-state index in [1.165, 1.54) is 113 Å². The van der Waals surface area contributed by atoms with Crippen molar-refractivity contribution in [1.82, 2.24) is 0 Å². The van der Waals surface area contributed by atoms with E-state index < -0.39 is 0 Å². The third kappa shape index (κ3) is 14.1. The molecule has 0 aliphatic carbocycles. The van der Waals surface area contributed by atoms with Crippen molar-refractivity contribution >= 4 is 23.6 Å². The van der Waals surface area contributed by atoms with Gasteiger partial charge in [0.1, 0.15) is 0 Å². The topological polar surface area (TPSA) is 17.1 Å². The van der Waals surface area contributed by atoms with Crippen LogP contribution in [0, 0.1) is 0 Å². The Morgan fingerprint density at radius 1 is 0.639 bits per heavy atom. The van der Waals surface area contributed by atoms with Gasteiger partial charge < -0.3 is 0 Å². The average molecular weight is 507 g/mol.